The van der Waals surface area contributed by atoms with Crippen LogP contribution in [0.2, 0.25) is 5.02 Å². The molecule has 0 saturated carbocycles. The molecule has 1 aliphatic rings. The zero-order chi connectivity index (χ0) is 19.3. The van der Waals surface area contributed by atoms with Gasteiger partial charge in [-0.2, -0.15) is 4.31 Å². The molecule has 6 nitrogen and oxygen atoms in total. The van der Waals surface area contributed by atoms with Gasteiger partial charge in [-0.1, -0.05) is 18.5 Å². The minimum absolute atomic E-state index is 0.211. The highest BCUT2D eigenvalue weighted by Gasteiger charge is 2.31. The summed E-state index contributed by atoms with van der Waals surface area (Å²) in [5.41, 5.74) is 0. The molecule has 148 valence electrons. The number of rotatable bonds is 9. The highest BCUT2D eigenvalue weighted by atomic mass is 35.5. The number of hydrogen-bond acceptors (Lipinski definition) is 5. The summed E-state index contributed by atoms with van der Waals surface area (Å²) in [5.74, 6) is 0.471. The molecule has 0 bridgehead atoms. The SMILES string of the molecule is CCN1CCCC1CN(CCN(C)C)S(=O)(=O)c1ccc(OC)c(Cl)c1. The average molecular weight is 404 g/mol. The zero-order valence-electron chi connectivity index (χ0n) is 16.1. The molecule has 1 aromatic rings. The van der Waals surface area contributed by atoms with E-state index in [0.29, 0.717) is 30.4 Å². The third-order valence-electron chi connectivity index (χ3n) is 4.88. The number of benzene rings is 1. The summed E-state index contributed by atoms with van der Waals surface area (Å²) in [7, 11) is 1.78. The van der Waals surface area contributed by atoms with Gasteiger partial charge in [-0.25, -0.2) is 8.42 Å². The van der Waals surface area contributed by atoms with Crippen molar-refractivity contribution in [1.29, 1.82) is 0 Å². The molecule has 1 aliphatic heterocycles. The Hall–Kier alpha value is -0.860. The van der Waals surface area contributed by atoms with Gasteiger partial charge in [-0.3, -0.25) is 4.90 Å². The monoisotopic (exact) mass is 403 g/mol. The Balaban J connectivity index is 2.28. The molecule has 0 amide bonds. The van der Waals surface area contributed by atoms with Crippen molar-refractivity contribution in [3.63, 3.8) is 0 Å². The van der Waals surface area contributed by atoms with Crippen molar-refractivity contribution in [2.45, 2.75) is 30.7 Å². The summed E-state index contributed by atoms with van der Waals surface area (Å²) >= 11 is 6.16. The van der Waals surface area contributed by atoms with Crippen molar-refractivity contribution in [1.82, 2.24) is 14.1 Å². The van der Waals surface area contributed by atoms with Crippen molar-refractivity contribution in [3.8, 4) is 5.75 Å². The van der Waals surface area contributed by atoms with E-state index in [-0.39, 0.29) is 10.9 Å². The summed E-state index contributed by atoms with van der Waals surface area (Å²) in [6, 6.07) is 4.91. The molecule has 1 unspecified atom stereocenters. The Morgan fingerprint density at radius 2 is 2.04 bits per heavy atom. The Morgan fingerprint density at radius 3 is 2.62 bits per heavy atom. The summed E-state index contributed by atoms with van der Waals surface area (Å²) in [5, 5.41) is 0.303. The molecule has 0 radical (unpaired) electrons. The van der Waals surface area contributed by atoms with E-state index in [2.05, 4.69) is 11.8 Å². The van der Waals surface area contributed by atoms with Gasteiger partial charge in [0.05, 0.1) is 17.0 Å². The van der Waals surface area contributed by atoms with E-state index < -0.39 is 10.0 Å². The molecule has 0 aromatic heterocycles. The maximum absolute atomic E-state index is 13.3. The van der Waals surface area contributed by atoms with Crippen LogP contribution in [0.1, 0.15) is 19.8 Å². The van der Waals surface area contributed by atoms with Crippen LogP contribution < -0.4 is 4.74 Å². The fourth-order valence-corrected chi connectivity index (χ4v) is 5.15. The number of halogens is 1. The normalized spacial score (nSPS) is 18.8. The van der Waals surface area contributed by atoms with E-state index in [1.54, 1.807) is 16.4 Å². The van der Waals surface area contributed by atoms with E-state index in [1.807, 2.05) is 19.0 Å². The minimum Gasteiger partial charge on any atom is -0.495 e. The van der Waals surface area contributed by atoms with Crippen molar-refractivity contribution in [2.24, 2.45) is 0 Å². The first kappa shape index (κ1) is 21.4. The van der Waals surface area contributed by atoms with Crippen LogP contribution in [0.3, 0.4) is 0 Å². The van der Waals surface area contributed by atoms with E-state index in [9.17, 15) is 8.42 Å². The van der Waals surface area contributed by atoms with E-state index in [0.717, 1.165) is 25.9 Å². The number of ether oxygens (including phenoxy) is 1. The van der Waals surface area contributed by atoms with E-state index in [4.69, 9.17) is 16.3 Å². The minimum atomic E-state index is -3.62. The van der Waals surface area contributed by atoms with Gasteiger partial charge >= 0.3 is 0 Å². The Labute approximate surface area is 162 Å². The highest BCUT2D eigenvalue weighted by Crippen LogP contribution is 2.29. The third-order valence-corrected chi connectivity index (χ3v) is 7.03. The first-order valence-corrected chi connectivity index (χ1v) is 10.8. The lowest BCUT2D eigenvalue weighted by atomic mass is 10.2. The number of hydrogen-bond donors (Lipinski definition) is 0. The first-order valence-electron chi connectivity index (χ1n) is 9.02. The Morgan fingerprint density at radius 1 is 1.31 bits per heavy atom. The Bertz CT molecular complexity index is 697. The molecule has 8 heteroatoms. The number of nitrogens with zero attached hydrogens (tertiary/aromatic N) is 3. The van der Waals surface area contributed by atoms with Crippen LogP contribution in [0.25, 0.3) is 0 Å². The molecule has 1 fully saturated rings. The van der Waals surface area contributed by atoms with Crippen LogP contribution in [0.4, 0.5) is 0 Å². The predicted molar refractivity (Wildman–Crippen MR) is 106 cm³/mol. The molecule has 1 aromatic carbocycles. The molecule has 1 atom stereocenters. The first-order chi connectivity index (χ1) is 12.3. The molecule has 26 heavy (non-hydrogen) atoms. The van der Waals surface area contributed by atoms with Crippen molar-refractivity contribution >= 4 is 21.6 Å². The lowest BCUT2D eigenvalue weighted by Crippen LogP contribution is -2.45. The fourth-order valence-electron chi connectivity index (χ4n) is 3.33. The summed E-state index contributed by atoms with van der Waals surface area (Å²) in [4.78, 5) is 4.57. The molecule has 0 spiro atoms. The number of methoxy groups -OCH3 is 1. The fraction of sp³-hybridized carbons (Fsp3) is 0.667. The van der Waals surface area contributed by atoms with Crippen LogP contribution in [0, 0.1) is 0 Å². The third kappa shape index (κ3) is 5.10. The van der Waals surface area contributed by atoms with Gasteiger partial charge in [0.25, 0.3) is 0 Å². The Kier molecular flexibility index (Phi) is 7.73. The summed E-state index contributed by atoms with van der Waals surface area (Å²) in [6.07, 6.45) is 2.15. The molecule has 1 heterocycles. The number of likely N-dealkylation sites (N-methyl/N-ethyl adjacent to an activating group) is 2. The smallest absolute Gasteiger partial charge is 0.243 e. The van der Waals surface area contributed by atoms with Crippen molar-refractivity contribution < 1.29 is 13.2 Å². The molecule has 2 rings (SSSR count). The second-order valence-corrected chi connectivity index (χ2v) is 9.23. The standard InChI is InChI=1S/C18H30ClN3O3S/c1-5-21-10-6-7-15(21)14-22(12-11-20(2)3)26(23,24)16-8-9-18(25-4)17(19)13-16/h8-9,13,15H,5-7,10-12,14H2,1-4H3. The maximum atomic E-state index is 13.3. The number of sulfonamides is 1. The number of likely N-dealkylation sites (tertiary alicyclic amines) is 1. The van der Waals surface area contributed by atoms with Crippen LogP contribution in [0.15, 0.2) is 23.1 Å². The lowest BCUT2D eigenvalue weighted by molar-refractivity contribution is 0.220. The molecule has 0 N–H and O–H groups in total. The second-order valence-electron chi connectivity index (χ2n) is 6.89. The molecular formula is C18H30ClN3O3S. The average Bonchev–Trinajstić information content (AvgIpc) is 3.05. The molecule has 0 aliphatic carbocycles. The quantitative estimate of drug-likeness (QED) is 0.633. The van der Waals surface area contributed by atoms with Gasteiger partial charge in [-0.05, 0) is 58.2 Å². The van der Waals surface area contributed by atoms with E-state index >= 15 is 0 Å². The van der Waals surface area contributed by atoms with Gasteiger partial charge < -0.3 is 9.64 Å². The predicted octanol–water partition coefficient (Wildman–Crippen LogP) is 2.39. The summed E-state index contributed by atoms with van der Waals surface area (Å²) < 4.78 is 33.3. The van der Waals surface area contributed by atoms with Gasteiger partial charge in [0.1, 0.15) is 5.75 Å². The van der Waals surface area contributed by atoms with Gasteiger partial charge in [0, 0.05) is 25.7 Å². The lowest BCUT2D eigenvalue weighted by Gasteiger charge is -2.30. The van der Waals surface area contributed by atoms with Crippen LogP contribution in [0.5, 0.6) is 5.75 Å². The zero-order valence-corrected chi connectivity index (χ0v) is 17.7. The van der Waals surface area contributed by atoms with E-state index in [1.165, 1.54) is 13.2 Å². The van der Waals surface area contributed by atoms with Crippen LogP contribution in [-0.4, -0.2) is 82.5 Å². The van der Waals surface area contributed by atoms with Crippen LogP contribution >= 0.6 is 11.6 Å². The maximum Gasteiger partial charge on any atom is 0.243 e. The molecule has 1 saturated heterocycles. The van der Waals surface area contributed by atoms with Crippen molar-refractivity contribution in [3.05, 3.63) is 23.2 Å². The second kappa shape index (κ2) is 9.37. The highest BCUT2D eigenvalue weighted by molar-refractivity contribution is 7.89. The van der Waals surface area contributed by atoms with Gasteiger partial charge in [0.15, 0.2) is 0 Å². The van der Waals surface area contributed by atoms with Gasteiger partial charge in [0.2, 0.25) is 10.0 Å². The van der Waals surface area contributed by atoms with Gasteiger partial charge in [-0.15, -0.1) is 0 Å². The molecular weight excluding hydrogens is 374 g/mol. The van der Waals surface area contributed by atoms with Crippen LogP contribution in [-0.2, 0) is 10.0 Å². The van der Waals surface area contributed by atoms with Crippen molar-refractivity contribution in [2.75, 3.05) is 53.9 Å². The summed E-state index contributed by atoms with van der Waals surface area (Å²) in [6.45, 7) is 5.74. The largest absolute Gasteiger partial charge is 0.495 e. The topological polar surface area (TPSA) is 53.1 Å².